The van der Waals surface area contributed by atoms with Gasteiger partial charge in [-0.1, -0.05) is 67.6 Å². The Bertz CT molecular complexity index is 1100. The van der Waals surface area contributed by atoms with Gasteiger partial charge in [0, 0.05) is 19.5 Å². The van der Waals surface area contributed by atoms with E-state index in [0.717, 1.165) is 21.7 Å². The van der Waals surface area contributed by atoms with Gasteiger partial charge in [0.1, 0.15) is 12.1 Å². The van der Waals surface area contributed by atoms with Gasteiger partial charge in [-0.3, -0.25) is 14.4 Å². The molecule has 36 heavy (non-hydrogen) atoms. The van der Waals surface area contributed by atoms with Gasteiger partial charge < -0.3 is 20.6 Å². The molecule has 3 amide bonds. The van der Waals surface area contributed by atoms with E-state index in [1.54, 1.807) is 25.2 Å². The lowest BCUT2D eigenvalue weighted by molar-refractivity contribution is -0.144. The van der Waals surface area contributed by atoms with Crippen LogP contribution < -0.4 is 10.6 Å². The van der Waals surface area contributed by atoms with Crippen molar-refractivity contribution < 1.29 is 19.5 Å². The minimum atomic E-state index is -0.831. The van der Waals surface area contributed by atoms with Crippen LogP contribution in [0.3, 0.4) is 0 Å². The molecule has 196 valence electrons. The summed E-state index contributed by atoms with van der Waals surface area (Å²) in [5.41, 5.74) is 4.22. The molecule has 0 bridgehead atoms. The molecular formula is C26H35IN4O4S. The lowest BCUT2D eigenvalue weighted by atomic mass is 9.85. The number of β-amino-alcohol motifs (C(OH)–C–C–N with tert-alkyl or cyclic N) is 1. The molecule has 0 spiro atoms. The zero-order chi connectivity index (χ0) is 26.8. The first-order valence-corrected chi connectivity index (χ1v) is 13.9. The third kappa shape index (κ3) is 6.83. The Balaban J connectivity index is 1.69. The number of alkyl halides is 1. The maximum Gasteiger partial charge on any atom is 0.246 e. The predicted molar refractivity (Wildman–Crippen MR) is 150 cm³/mol. The Morgan fingerprint density at radius 2 is 1.83 bits per heavy atom. The standard InChI is InChI=1S/C26H35IN4O4S/c1-15-20(36-14-29-15)17-9-7-16(8-10-17)12-28-22(33)19-11-18(32)13-31(19)23(34)21(25(2,3)4)30-24(35)26(5,6)27/h7-10,14,18-19,21,32H,11-13H2,1-6H3,(H,28,33)(H,30,35). The van der Waals surface area contributed by atoms with Crippen LogP contribution in [0.15, 0.2) is 29.8 Å². The van der Waals surface area contributed by atoms with Crippen molar-refractivity contribution >= 4 is 51.6 Å². The van der Waals surface area contributed by atoms with Crippen molar-refractivity contribution in [3.63, 3.8) is 0 Å². The van der Waals surface area contributed by atoms with E-state index < -0.39 is 27.0 Å². The van der Waals surface area contributed by atoms with Crippen molar-refractivity contribution in [2.24, 2.45) is 5.41 Å². The minimum absolute atomic E-state index is 0.0515. The van der Waals surface area contributed by atoms with Gasteiger partial charge in [0.25, 0.3) is 0 Å². The van der Waals surface area contributed by atoms with Crippen molar-refractivity contribution in [2.75, 3.05) is 6.54 Å². The Kier molecular flexibility index (Phi) is 8.82. The number of aromatic nitrogens is 1. The number of amides is 3. The number of aryl methyl sites for hydroxylation is 1. The summed E-state index contributed by atoms with van der Waals surface area (Å²) >= 11 is 3.62. The summed E-state index contributed by atoms with van der Waals surface area (Å²) in [5, 5.41) is 16.1. The van der Waals surface area contributed by atoms with Gasteiger partial charge in [-0.25, -0.2) is 4.98 Å². The average Bonchev–Trinajstić information content (AvgIpc) is 3.39. The summed E-state index contributed by atoms with van der Waals surface area (Å²) < 4.78 is -0.697. The minimum Gasteiger partial charge on any atom is -0.391 e. The van der Waals surface area contributed by atoms with Crippen LogP contribution in [-0.4, -0.2) is 60.9 Å². The number of halogens is 1. The predicted octanol–water partition coefficient (Wildman–Crippen LogP) is 3.44. The first kappa shape index (κ1) is 28.5. The Morgan fingerprint density at radius 1 is 1.19 bits per heavy atom. The second kappa shape index (κ2) is 11.1. The largest absolute Gasteiger partial charge is 0.391 e. The molecule has 10 heteroatoms. The molecule has 1 aromatic carbocycles. The number of benzene rings is 1. The van der Waals surface area contributed by atoms with Crippen molar-refractivity contribution in [1.29, 1.82) is 0 Å². The fourth-order valence-corrected chi connectivity index (χ4v) is 5.05. The monoisotopic (exact) mass is 626 g/mol. The van der Waals surface area contributed by atoms with Crippen LogP contribution in [0.4, 0.5) is 0 Å². The number of thiazole rings is 1. The molecule has 0 aliphatic carbocycles. The van der Waals surface area contributed by atoms with E-state index in [-0.39, 0.29) is 30.7 Å². The molecule has 1 aliphatic heterocycles. The second-order valence-electron chi connectivity index (χ2n) is 10.8. The first-order valence-electron chi connectivity index (χ1n) is 11.9. The Hall–Kier alpha value is -2.05. The number of carbonyl (C=O) groups excluding carboxylic acids is 3. The van der Waals surface area contributed by atoms with Crippen LogP contribution in [-0.2, 0) is 20.9 Å². The van der Waals surface area contributed by atoms with E-state index in [4.69, 9.17) is 0 Å². The van der Waals surface area contributed by atoms with Gasteiger partial charge in [-0.2, -0.15) is 0 Å². The van der Waals surface area contributed by atoms with Gasteiger partial charge in [0.15, 0.2) is 0 Å². The smallest absolute Gasteiger partial charge is 0.246 e. The number of aliphatic hydroxyl groups excluding tert-OH is 1. The van der Waals surface area contributed by atoms with E-state index in [1.165, 1.54) is 4.90 Å². The highest BCUT2D eigenvalue weighted by Gasteiger charge is 2.45. The van der Waals surface area contributed by atoms with Gasteiger partial charge in [0.05, 0.1) is 25.6 Å². The maximum atomic E-state index is 13.6. The molecule has 0 saturated carbocycles. The highest BCUT2D eigenvalue weighted by Crippen LogP contribution is 2.29. The number of nitrogens with zero attached hydrogens (tertiary/aromatic N) is 2. The summed E-state index contributed by atoms with van der Waals surface area (Å²) in [6.45, 7) is 11.5. The quantitative estimate of drug-likeness (QED) is 0.322. The van der Waals surface area contributed by atoms with Crippen molar-refractivity contribution in [2.45, 2.75) is 76.1 Å². The second-order valence-corrected chi connectivity index (χ2v) is 14.4. The molecular weight excluding hydrogens is 591 g/mol. The zero-order valence-electron chi connectivity index (χ0n) is 21.6. The number of hydrogen-bond donors (Lipinski definition) is 3. The third-order valence-corrected chi connectivity index (χ3v) is 7.69. The SMILES string of the molecule is Cc1ncsc1-c1ccc(CNC(=O)C2CC(O)CN2C(=O)C(NC(=O)C(C)(C)I)C(C)(C)C)cc1. The van der Waals surface area contributed by atoms with E-state index in [1.807, 2.05) is 80.1 Å². The van der Waals surface area contributed by atoms with Crippen LogP contribution in [0.5, 0.6) is 0 Å². The summed E-state index contributed by atoms with van der Waals surface area (Å²) in [5.74, 6) is -0.943. The molecule has 1 aromatic heterocycles. The highest BCUT2D eigenvalue weighted by molar-refractivity contribution is 14.1. The molecule has 2 heterocycles. The lowest BCUT2D eigenvalue weighted by Crippen LogP contribution is -2.59. The van der Waals surface area contributed by atoms with Crippen LogP contribution >= 0.6 is 33.9 Å². The summed E-state index contributed by atoms with van der Waals surface area (Å²) in [4.78, 5) is 46.2. The average molecular weight is 627 g/mol. The first-order chi connectivity index (χ1) is 16.7. The van der Waals surface area contributed by atoms with E-state index >= 15 is 0 Å². The molecule has 8 nitrogen and oxygen atoms in total. The zero-order valence-corrected chi connectivity index (χ0v) is 24.6. The van der Waals surface area contributed by atoms with E-state index in [2.05, 4.69) is 15.6 Å². The van der Waals surface area contributed by atoms with E-state index in [9.17, 15) is 19.5 Å². The number of nitrogens with one attached hydrogen (secondary N) is 2. The molecule has 0 radical (unpaired) electrons. The third-order valence-electron chi connectivity index (χ3n) is 6.22. The molecule has 1 fully saturated rings. The number of hydrogen-bond acceptors (Lipinski definition) is 6. The highest BCUT2D eigenvalue weighted by atomic mass is 127. The van der Waals surface area contributed by atoms with Gasteiger partial charge in [0.2, 0.25) is 17.7 Å². The van der Waals surface area contributed by atoms with Gasteiger partial charge >= 0.3 is 0 Å². The number of likely N-dealkylation sites (tertiary alicyclic amines) is 1. The Morgan fingerprint density at radius 3 is 2.36 bits per heavy atom. The summed E-state index contributed by atoms with van der Waals surface area (Å²) in [7, 11) is 0. The molecule has 1 aliphatic rings. The van der Waals surface area contributed by atoms with Crippen LogP contribution in [0.2, 0.25) is 0 Å². The molecule has 1 saturated heterocycles. The maximum absolute atomic E-state index is 13.6. The summed E-state index contributed by atoms with van der Waals surface area (Å²) in [6, 6.07) is 6.28. The lowest BCUT2D eigenvalue weighted by Gasteiger charge is -2.36. The van der Waals surface area contributed by atoms with Gasteiger partial charge in [-0.05, 0) is 37.3 Å². The van der Waals surface area contributed by atoms with Crippen molar-refractivity contribution in [3.8, 4) is 10.4 Å². The molecule has 3 rings (SSSR count). The van der Waals surface area contributed by atoms with Crippen molar-refractivity contribution in [1.82, 2.24) is 20.5 Å². The number of rotatable bonds is 7. The van der Waals surface area contributed by atoms with Crippen LogP contribution in [0, 0.1) is 12.3 Å². The molecule has 2 aromatic rings. The fraction of sp³-hybridized carbons (Fsp3) is 0.538. The number of aliphatic hydroxyl groups is 1. The van der Waals surface area contributed by atoms with E-state index in [0.29, 0.717) is 6.54 Å². The molecule has 3 unspecified atom stereocenters. The number of carbonyl (C=O) groups is 3. The van der Waals surface area contributed by atoms with Gasteiger partial charge in [-0.15, -0.1) is 11.3 Å². The van der Waals surface area contributed by atoms with Crippen LogP contribution in [0.25, 0.3) is 10.4 Å². The molecule has 3 atom stereocenters. The topological polar surface area (TPSA) is 112 Å². The summed E-state index contributed by atoms with van der Waals surface area (Å²) in [6.07, 6.45) is -0.645. The fourth-order valence-electron chi connectivity index (χ4n) is 4.08. The van der Waals surface area contributed by atoms with Crippen molar-refractivity contribution in [3.05, 3.63) is 41.0 Å². The Labute approximate surface area is 230 Å². The molecule has 3 N–H and O–H groups in total. The normalized spacial score (nSPS) is 19.2. The van der Waals surface area contributed by atoms with Crippen LogP contribution in [0.1, 0.15) is 52.3 Å².